The minimum absolute atomic E-state index is 0.00266. The van der Waals surface area contributed by atoms with E-state index in [1.807, 2.05) is 35.8 Å². The van der Waals surface area contributed by atoms with Crippen LogP contribution in [0.1, 0.15) is 42.6 Å². The summed E-state index contributed by atoms with van der Waals surface area (Å²) in [6.07, 6.45) is 7.76. The van der Waals surface area contributed by atoms with Gasteiger partial charge >= 0.3 is 5.97 Å². The molecule has 3 aromatic rings. The van der Waals surface area contributed by atoms with Crippen LogP contribution in [0.25, 0.3) is 0 Å². The molecular formula is C20H22ClN3O3. The summed E-state index contributed by atoms with van der Waals surface area (Å²) in [4.78, 5) is 21.2. The Bertz CT molecular complexity index is 859. The minimum atomic E-state index is -0.483. The van der Waals surface area contributed by atoms with Crippen molar-refractivity contribution in [3.63, 3.8) is 0 Å². The Balaban J connectivity index is 1.92. The molecule has 1 aromatic carbocycles. The second kappa shape index (κ2) is 8.86. The van der Waals surface area contributed by atoms with E-state index in [1.165, 1.54) is 0 Å². The Kier molecular flexibility index (Phi) is 6.29. The summed E-state index contributed by atoms with van der Waals surface area (Å²) >= 11 is 6.04. The number of halogens is 1. The van der Waals surface area contributed by atoms with Crippen LogP contribution >= 0.6 is 11.6 Å². The Labute approximate surface area is 163 Å². The van der Waals surface area contributed by atoms with E-state index >= 15 is 0 Å². The summed E-state index contributed by atoms with van der Waals surface area (Å²) in [5, 5.41) is 0.668. The third kappa shape index (κ3) is 4.77. The molecule has 27 heavy (non-hydrogen) atoms. The van der Waals surface area contributed by atoms with Crippen molar-refractivity contribution in [2.24, 2.45) is 0 Å². The SMILES string of the molecule is CCOC(=O)C(CC(Cc1ncco1)c1ccc(Cl)cc1)n1ccnc1C. The molecule has 0 amide bonds. The normalized spacial score (nSPS) is 13.3. The predicted octanol–water partition coefficient (Wildman–Crippen LogP) is 4.35. The van der Waals surface area contributed by atoms with Gasteiger partial charge in [-0.15, -0.1) is 0 Å². The molecule has 3 rings (SSSR count). The van der Waals surface area contributed by atoms with Gasteiger partial charge in [0.1, 0.15) is 18.1 Å². The fraction of sp³-hybridized carbons (Fsp3) is 0.350. The number of esters is 1. The van der Waals surface area contributed by atoms with Crippen molar-refractivity contribution in [3.05, 3.63) is 71.4 Å². The molecule has 0 saturated heterocycles. The van der Waals surface area contributed by atoms with Gasteiger partial charge in [0, 0.05) is 23.8 Å². The highest BCUT2D eigenvalue weighted by Gasteiger charge is 2.28. The number of aromatic nitrogens is 3. The van der Waals surface area contributed by atoms with Crippen molar-refractivity contribution in [2.75, 3.05) is 6.61 Å². The number of hydrogen-bond acceptors (Lipinski definition) is 5. The van der Waals surface area contributed by atoms with Gasteiger partial charge in [-0.1, -0.05) is 23.7 Å². The number of nitrogens with zero attached hydrogens (tertiary/aromatic N) is 3. The number of aryl methyl sites for hydroxylation is 1. The quantitative estimate of drug-likeness (QED) is 0.537. The zero-order valence-corrected chi connectivity index (χ0v) is 16.1. The first kappa shape index (κ1) is 19.2. The molecule has 2 unspecified atom stereocenters. The van der Waals surface area contributed by atoms with Crippen molar-refractivity contribution in [2.45, 2.75) is 38.6 Å². The van der Waals surface area contributed by atoms with Gasteiger partial charge in [-0.3, -0.25) is 0 Å². The van der Waals surface area contributed by atoms with Gasteiger partial charge in [0.15, 0.2) is 5.89 Å². The molecule has 0 aliphatic heterocycles. The van der Waals surface area contributed by atoms with Gasteiger partial charge < -0.3 is 13.7 Å². The van der Waals surface area contributed by atoms with Crippen molar-refractivity contribution in [1.29, 1.82) is 0 Å². The second-order valence-corrected chi connectivity index (χ2v) is 6.70. The minimum Gasteiger partial charge on any atom is -0.464 e. The Morgan fingerprint density at radius 2 is 2.04 bits per heavy atom. The first-order valence-corrected chi connectivity index (χ1v) is 9.26. The molecule has 2 aromatic heterocycles. The number of rotatable bonds is 8. The standard InChI is InChI=1S/C20H22ClN3O3/c1-3-26-20(25)18(24-10-8-22-14(24)2)12-16(13-19-23-9-11-27-19)15-4-6-17(21)7-5-15/h4-11,16,18H,3,12-13H2,1-2H3. The van der Waals surface area contributed by atoms with E-state index in [0.29, 0.717) is 30.4 Å². The van der Waals surface area contributed by atoms with Crippen LogP contribution in [-0.4, -0.2) is 27.1 Å². The molecule has 0 radical (unpaired) electrons. The summed E-state index contributed by atoms with van der Waals surface area (Å²) < 4.78 is 12.6. The first-order chi connectivity index (χ1) is 13.1. The predicted molar refractivity (Wildman–Crippen MR) is 102 cm³/mol. The van der Waals surface area contributed by atoms with Crippen LogP contribution in [0.2, 0.25) is 5.02 Å². The lowest BCUT2D eigenvalue weighted by atomic mass is 9.89. The highest BCUT2D eigenvalue weighted by molar-refractivity contribution is 6.30. The van der Waals surface area contributed by atoms with Crippen LogP contribution in [0.4, 0.5) is 0 Å². The Morgan fingerprint density at radius 1 is 1.26 bits per heavy atom. The molecule has 6 nitrogen and oxygen atoms in total. The Hall–Kier alpha value is -2.60. The van der Waals surface area contributed by atoms with Gasteiger partial charge in [0.25, 0.3) is 0 Å². The molecular weight excluding hydrogens is 366 g/mol. The van der Waals surface area contributed by atoms with Crippen molar-refractivity contribution in [1.82, 2.24) is 14.5 Å². The van der Waals surface area contributed by atoms with Crippen molar-refractivity contribution >= 4 is 17.6 Å². The second-order valence-electron chi connectivity index (χ2n) is 6.26. The maximum atomic E-state index is 12.7. The highest BCUT2D eigenvalue weighted by atomic mass is 35.5. The molecule has 0 spiro atoms. The van der Waals surface area contributed by atoms with Crippen LogP contribution in [0, 0.1) is 6.92 Å². The maximum absolute atomic E-state index is 12.7. The summed E-state index contributed by atoms with van der Waals surface area (Å²) in [5.41, 5.74) is 1.06. The van der Waals surface area contributed by atoms with Crippen molar-refractivity contribution < 1.29 is 13.9 Å². The number of oxazole rings is 1. The fourth-order valence-electron chi connectivity index (χ4n) is 3.19. The van der Waals surface area contributed by atoms with Gasteiger partial charge in [0.2, 0.25) is 0 Å². The molecule has 0 N–H and O–H groups in total. The van der Waals surface area contributed by atoms with E-state index in [4.69, 9.17) is 20.8 Å². The molecule has 0 aliphatic carbocycles. The maximum Gasteiger partial charge on any atom is 0.329 e. The van der Waals surface area contributed by atoms with Gasteiger partial charge in [0.05, 0.1) is 12.8 Å². The monoisotopic (exact) mass is 387 g/mol. The van der Waals surface area contributed by atoms with Crippen LogP contribution in [-0.2, 0) is 16.0 Å². The summed E-state index contributed by atoms with van der Waals surface area (Å²) in [7, 11) is 0. The zero-order valence-electron chi connectivity index (χ0n) is 15.3. The molecule has 0 saturated carbocycles. The summed E-state index contributed by atoms with van der Waals surface area (Å²) in [5.74, 6) is 1.11. The lowest BCUT2D eigenvalue weighted by Crippen LogP contribution is -2.25. The molecule has 142 valence electrons. The van der Waals surface area contributed by atoms with Gasteiger partial charge in [-0.25, -0.2) is 14.8 Å². The smallest absolute Gasteiger partial charge is 0.329 e. The average Bonchev–Trinajstić information content (AvgIpc) is 3.31. The van der Waals surface area contributed by atoms with E-state index < -0.39 is 6.04 Å². The molecule has 2 atom stereocenters. The third-order valence-electron chi connectivity index (χ3n) is 4.51. The molecule has 0 aliphatic rings. The molecule has 2 heterocycles. The van der Waals surface area contributed by atoms with E-state index in [0.717, 1.165) is 11.4 Å². The summed E-state index contributed by atoms with van der Waals surface area (Å²) in [6.45, 7) is 4.01. The number of hydrogen-bond donors (Lipinski definition) is 0. The van der Waals surface area contributed by atoms with Crippen LogP contribution in [0.5, 0.6) is 0 Å². The van der Waals surface area contributed by atoms with Crippen LogP contribution in [0.3, 0.4) is 0 Å². The number of carbonyl (C=O) groups excluding carboxylic acids is 1. The molecule has 0 fully saturated rings. The molecule has 0 bridgehead atoms. The van der Waals surface area contributed by atoms with E-state index in [1.54, 1.807) is 31.8 Å². The lowest BCUT2D eigenvalue weighted by molar-refractivity contribution is -0.147. The largest absolute Gasteiger partial charge is 0.464 e. The number of imidazole rings is 1. The van der Waals surface area contributed by atoms with E-state index in [9.17, 15) is 4.79 Å². The lowest BCUT2D eigenvalue weighted by Gasteiger charge is -2.24. The van der Waals surface area contributed by atoms with E-state index in [2.05, 4.69) is 9.97 Å². The Morgan fingerprint density at radius 3 is 2.63 bits per heavy atom. The van der Waals surface area contributed by atoms with Crippen LogP contribution in [0.15, 0.2) is 53.5 Å². The summed E-state index contributed by atoms with van der Waals surface area (Å²) in [6, 6.07) is 7.16. The average molecular weight is 388 g/mol. The number of ether oxygens (including phenoxy) is 1. The highest BCUT2D eigenvalue weighted by Crippen LogP contribution is 2.31. The molecule has 7 heteroatoms. The third-order valence-corrected chi connectivity index (χ3v) is 4.76. The fourth-order valence-corrected chi connectivity index (χ4v) is 3.31. The number of carbonyl (C=O) groups is 1. The number of benzene rings is 1. The van der Waals surface area contributed by atoms with E-state index in [-0.39, 0.29) is 11.9 Å². The van der Waals surface area contributed by atoms with Gasteiger partial charge in [-0.05, 0) is 43.9 Å². The van der Waals surface area contributed by atoms with Crippen LogP contribution < -0.4 is 0 Å². The zero-order chi connectivity index (χ0) is 19.2. The topological polar surface area (TPSA) is 70.2 Å². The van der Waals surface area contributed by atoms with Crippen molar-refractivity contribution in [3.8, 4) is 0 Å². The van der Waals surface area contributed by atoms with Gasteiger partial charge in [-0.2, -0.15) is 0 Å². The first-order valence-electron chi connectivity index (χ1n) is 8.88.